The number of amides is 1. The highest BCUT2D eigenvalue weighted by Gasteiger charge is 2.23. The van der Waals surface area contributed by atoms with E-state index >= 15 is 0 Å². The van der Waals surface area contributed by atoms with Crippen LogP contribution < -0.4 is 5.32 Å². The number of piperidine rings is 1. The molecule has 1 N–H and O–H groups in total. The Labute approximate surface area is 126 Å². The Morgan fingerprint density at radius 3 is 2.84 bits per heavy atom. The number of hydrogen-bond acceptors (Lipinski definition) is 3. The summed E-state index contributed by atoms with van der Waals surface area (Å²) in [5.41, 5.74) is 1.07. The van der Waals surface area contributed by atoms with Gasteiger partial charge in [-0.3, -0.25) is 9.78 Å². The number of aromatic nitrogens is 1. The van der Waals surface area contributed by atoms with E-state index in [1.807, 2.05) is 19.2 Å². The second kappa shape index (κ2) is 9.13. The molecule has 1 aromatic heterocycles. The summed E-state index contributed by atoms with van der Waals surface area (Å²) in [7, 11) is 1.85. The molecule has 2 rings (SSSR count). The van der Waals surface area contributed by atoms with Crippen LogP contribution in [0.2, 0.25) is 0 Å². The predicted octanol–water partition coefficient (Wildman–Crippen LogP) is 2.03. The van der Waals surface area contributed by atoms with E-state index in [1.165, 1.54) is 6.42 Å². The highest BCUT2D eigenvalue weighted by molar-refractivity contribution is 5.85. The summed E-state index contributed by atoms with van der Waals surface area (Å²) in [6.45, 7) is 1.59. The number of pyridine rings is 1. The first kappa shape index (κ1) is 18.2. The van der Waals surface area contributed by atoms with Crippen molar-refractivity contribution in [1.29, 1.82) is 0 Å². The Morgan fingerprint density at radius 1 is 1.47 bits per heavy atom. The minimum Gasteiger partial charge on any atom is -0.340 e. The molecule has 4 nitrogen and oxygen atoms in total. The minimum atomic E-state index is 0. The van der Waals surface area contributed by atoms with Crippen molar-refractivity contribution in [3.05, 3.63) is 30.1 Å². The molecule has 0 unspecified atom stereocenters. The molecule has 1 aliphatic rings. The maximum absolute atomic E-state index is 12.1. The molecule has 1 saturated heterocycles. The van der Waals surface area contributed by atoms with Crippen LogP contribution in [0.5, 0.6) is 0 Å². The van der Waals surface area contributed by atoms with Crippen LogP contribution in [0.15, 0.2) is 24.5 Å². The van der Waals surface area contributed by atoms with Crippen molar-refractivity contribution in [2.45, 2.75) is 31.8 Å². The third-order valence-electron chi connectivity index (χ3n) is 3.13. The van der Waals surface area contributed by atoms with Gasteiger partial charge in [0.15, 0.2) is 0 Å². The van der Waals surface area contributed by atoms with Crippen LogP contribution in [0.1, 0.15) is 24.8 Å². The number of likely N-dealkylation sites (N-methyl/N-ethyl adjacent to an activating group) is 1. The van der Waals surface area contributed by atoms with Gasteiger partial charge in [0.05, 0.1) is 6.04 Å². The smallest absolute Gasteiger partial charge is 0.239 e. The standard InChI is InChI=1S/C13H19N3O.2ClH/c1-16(10-11-5-4-7-14-9-11)13(17)12-6-2-3-8-15-12;;/h4-5,7,9,12,15H,2-3,6,8,10H2,1H3;2*1H/t12-;;/m0../s1. The molecule has 0 radical (unpaired) electrons. The van der Waals surface area contributed by atoms with Crippen molar-refractivity contribution in [3.8, 4) is 0 Å². The summed E-state index contributed by atoms with van der Waals surface area (Å²) in [6.07, 6.45) is 6.82. The molecule has 1 aliphatic heterocycles. The number of hydrogen-bond donors (Lipinski definition) is 1. The van der Waals surface area contributed by atoms with E-state index in [-0.39, 0.29) is 36.8 Å². The molecule has 0 spiro atoms. The topological polar surface area (TPSA) is 45.2 Å². The van der Waals surface area contributed by atoms with E-state index in [1.54, 1.807) is 17.3 Å². The van der Waals surface area contributed by atoms with Crippen molar-refractivity contribution >= 4 is 30.7 Å². The van der Waals surface area contributed by atoms with Crippen LogP contribution in [-0.2, 0) is 11.3 Å². The van der Waals surface area contributed by atoms with E-state index in [0.29, 0.717) is 6.54 Å². The zero-order chi connectivity index (χ0) is 12.1. The maximum atomic E-state index is 12.1. The molecular formula is C13H21Cl2N3O. The van der Waals surface area contributed by atoms with Gasteiger partial charge in [-0.15, -0.1) is 24.8 Å². The Morgan fingerprint density at radius 2 is 2.26 bits per heavy atom. The number of rotatable bonds is 3. The van der Waals surface area contributed by atoms with E-state index in [2.05, 4.69) is 10.3 Å². The van der Waals surface area contributed by atoms with Gasteiger partial charge in [0, 0.05) is 26.0 Å². The van der Waals surface area contributed by atoms with E-state index in [4.69, 9.17) is 0 Å². The monoisotopic (exact) mass is 305 g/mol. The van der Waals surface area contributed by atoms with E-state index in [0.717, 1.165) is 24.9 Å². The third-order valence-corrected chi connectivity index (χ3v) is 3.13. The average molecular weight is 306 g/mol. The van der Waals surface area contributed by atoms with E-state index in [9.17, 15) is 4.79 Å². The highest BCUT2D eigenvalue weighted by atomic mass is 35.5. The normalized spacial score (nSPS) is 17.8. The lowest BCUT2D eigenvalue weighted by Gasteiger charge is -2.27. The summed E-state index contributed by atoms with van der Waals surface area (Å²) in [5, 5.41) is 3.28. The van der Waals surface area contributed by atoms with Crippen LogP contribution in [0.4, 0.5) is 0 Å². The Hall–Kier alpha value is -0.840. The van der Waals surface area contributed by atoms with Crippen molar-refractivity contribution in [2.75, 3.05) is 13.6 Å². The van der Waals surface area contributed by atoms with Gasteiger partial charge in [0.25, 0.3) is 0 Å². The maximum Gasteiger partial charge on any atom is 0.239 e. The van der Waals surface area contributed by atoms with Crippen molar-refractivity contribution < 1.29 is 4.79 Å². The number of carbonyl (C=O) groups is 1. The molecule has 0 aromatic carbocycles. The molecule has 0 saturated carbocycles. The van der Waals surface area contributed by atoms with Crippen LogP contribution in [0, 0.1) is 0 Å². The highest BCUT2D eigenvalue weighted by Crippen LogP contribution is 2.10. The van der Waals surface area contributed by atoms with Gasteiger partial charge in [-0.25, -0.2) is 0 Å². The molecule has 6 heteroatoms. The average Bonchev–Trinajstić information content (AvgIpc) is 2.40. The van der Waals surface area contributed by atoms with Crippen molar-refractivity contribution in [2.24, 2.45) is 0 Å². The van der Waals surface area contributed by atoms with Gasteiger partial charge in [-0.2, -0.15) is 0 Å². The third kappa shape index (κ3) is 5.35. The Kier molecular flexibility index (Phi) is 8.72. The summed E-state index contributed by atoms with van der Waals surface area (Å²) in [4.78, 5) is 18.0. The van der Waals surface area contributed by atoms with E-state index < -0.39 is 0 Å². The van der Waals surface area contributed by atoms with Gasteiger partial charge >= 0.3 is 0 Å². The number of nitrogens with zero attached hydrogens (tertiary/aromatic N) is 2. The van der Waals surface area contributed by atoms with Crippen LogP contribution >= 0.6 is 24.8 Å². The van der Waals surface area contributed by atoms with Gasteiger partial charge in [0.1, 0.15) is 0 Å². The number of halogens is 2. The fourth-order valence-corrected chi connectivity index (χ4v) is 2.17. The number of nitrogens with one attached hydrogen (secondary N) is 1. The molecule has 108 valence electrons. The summed E-state index contributed by atoms with van der Waals surface area (Å²) < 4.78 is 0. The molecule has 1 fully saturated rings. The lowest BCUT2D eigenvalue weighted by atomic mass is 10.0. The molecule has 1 amide bonds. The SMILES string of the molecule is CN(Cc1cccnc1)C(=O)[C@@H]1CCCCN1.Cl.Cl. The zero-order valence-electron chi connectivity index (χ0n) is 11.0. The van der Waals surface area contributed by atoms with Crippen LogP contribution in [-0.4, -0.2) is 35.4 Å². The molecule has 0 bridgehead atoms. The Balaban J connectivity index is 0.00000162. The fourth-order valence-electron chi connectivity index (χ4n) is 2.17. The lowest BCUT2D eigenvalue weighted by molar-refractivity contribution is -0.133. The first-order chi connectivity index (χ1) is 8.27. The second-order valence-electron chi connectivity index (χ2n) is 4.56. The molecule has 2 heterocycles. The Bertz CT molecular complexity index is 369. The fraction of sp³-hybridized carbons (Fsp3) is 0.538. The van der Waals surface area contributed by atoms with Gasteiger partial charge < -0.3 is 10.2 Å². The molecule has 0 aliphatic carbocycles. The quantitative estimate of drug-likeness (QED) is 0.929. The van der Waals surface area contributed by atoms with Crippen LogP contribution in [0.3, 0.4) is 0 Å². The zero-order valence-corrected chi connectivity index (χ0v) is 12.7. The predicted molar refractivity (Wildman–Crippen MR) is 80.8 cm³/mol. The lowest BCUT2D eigenvalue weighted by Crippen LogP contribution is -2.46. The van der Waals surface area contributed by atoms with Crippen molar-refractivity contribution in [1.82, 2.24) is 15.2 Å². The summed E-state index contributed by atoms with van der Waals surface area (Å²) >= 11 is 0. The molecule has 19 heavy (non-hydrogen) atoms. The van der Waals surface area contributed by atoms with Crippen LogP contribution in [0.25, 0.3) is 0 Å². The summed E-state index contributed by atoms with van der Waals surface area (Å²) in [6, 6.07) is 3.89. The minimum absolute atomic E-state index is 0. The van der Waals surface area contributed by atoms with Gasteiger partial charge in [-0.1, -0.05) is 12.5 Å². The first-order valence-electron chi connectivity index (χ1n) is 6.14. The van der Waals surface area contributed by atoms with Gasteiger partial charge in [0.2, 0.25) is 5.91 Å². The molecule has 1 atom stereocenters. The first-order valence-corrected chi connectivity index (χ1v) is 6.14. The largest absolute Gasteiger partial charge is 0.340 e. The molecule has 1 aromatic rings. The molecular weight excluding hydrogens is 285 g/mol. The van der Waals surface area contributed by atoms with Gasteiger partial charge in [-0.05, 0) is 31.0 Å². The summed E-state index contributed by atoms with van der Waals surface area (Å²) in [5.74, 6) is 0.188. The number of carbonyl (C=O) groups excluding carboxylic acids is 1. The second-order valence-corrected chi connectivity index (χ2v) is 4.56. The van der Waals surface area contributed by atoms with Crippen molar-refractivity contribution in [3.63, 3.8) is 0 Å².